The first-order valence-electron chi connectivity index (χ1n) is 5.35. The zero-order chi connectivity index (χ0) is 15.5. The van der Waals surface area contributed by atoms with Crippen LogP contribution in [0, 0.1) is 0 Å². The molecular weight excluding hydrogens is 288 g/mol. The van der Waals surface area contributed by atoms with Gasteiger partial charge in [0.15, 0.2) is 0 Å². The number of carbonyl (C=O) groups is 2. The molecule has 0 aliphatic rings. The molecule has 8 nitrogen and oxygen atoms in total. The van der Waals surface area contributed by atoms with Gasteiger partial charge in [0.05, 0.1) is 23.3 Å². The summed E-state index contributed by atoms with van der Waals surface area (Å²) in [5, 5.41) is 13.7. The minimum Gasteiger partial charge on any atom is -0.480 e. The van der Waals surface area contributed by atoms with Gasteiger partial charge in [-0.05, 0) is 18.2 Å². The van der Waals surface area contributed by atoms with Gasteiger partial charge in [0.2, 0.25) is 10.0 Å². The molecule has 9 heteroatoms. The fraction of sp³-hybridized carbons (Fsp3) is 0.273. The normalized spacial score (nSPS) is 10.9. The summed E-state index contributed by atoms with van der Waals surface area (Å²) in [5.41, 5.74) is 0.148. The molecule has 1 rings (SSSR count). The number of rotatable bonds is 5. The van der Waals surface area contributed by atoms with Crippen molar-refractivity contribution in [2.45, 2.75) is 4.90 Å². The van der Waals surface area contributed by atoms with Crippen LogP contribution in [0.25, 0.3) is 0 Å². The van der Waals surface area contributed by atoms with Gasteiger partial charge in [-0.2, -0.15) is 0 Å². The Labute approximate surface area is 115 Å². The van der Waals surface area contributed by atoms with Crippen LogP contribution in [0.1, 0.15) is 10.4 Å². The van der Waals surface area contributed by atoms with Crippen molar-refractivity contribution >= 4 is 27.6 Å². The summed E-state index contributed by atoms with van der Waals surface area (Å²) in [4.78, 5) is 23.4. The molecule has 0 spiro atoms. The number of carbonyl (C=O) groups excluding carboxylic acids is 1. The Kier molecular flexibility index (Phi) is 4.69. The second-order valence-electron chi connectivity index (χ2n) is 3.97. The number of carboxylic acid groups (broad SMARTS) is 1. The maximum Gasteiger partial charge on any atom is 0.340 e. The molecule has 0 unspecified atom stereocenters. The van der Waals surface area contributed by atoms with Gasteiger partial charge in [0.25, 0.3) is 0 Å². The van der Waals surface area contributed by atoms with Crippen molar-refractivity contribution in [3.05, 3.63) is 23.8 Å². The number of hydrogen-bond donors (Lipinski definition) is 2. The van der Waals surface area contributed by atoms with Gasteiger partial charge in [-0.15, -0.1) is 0 Å². The van der Waals surface area contributed by atoms with E-state index < -0.39 is 22.0 Å². The number of nitrogens with two attached hydrogens (primary N) is 1. The predicted octanol–water partition coefficient (Wildman–Crippen LogP) is -0.359. The largest absolute Gasteiger partial charge is 0.480 e. The van der Waals surface area contributed by atoms with Gasteiger partial charge in [-0.25, -0.2) is 18.4 Å². The van der Waals surface area contributed by atoms with Crippen LogP contribution < -0.4 is 10.0 Å². The molecule has 0 heterocycles. The summed E-state index contributed by atoms with van der Waals surface area (Å²) in [7, 11) is -1.39. The van der Waals surface area contributed by atoms with E-state index in [0.29, 0.717) is 0 Å². The summed E-state index contributed by atoms with van der Waals surface area (Å²) in [5.74, 6) is -1.89. The number of benzene rings is 1. The average Bonchev–Trinajstić information content (AvgIpc) is 2.35. The molecule has 0 amide bonds. The average molecular weight is 302 g/mol. The third-order valence-corrected chi connectivity index (χ3v) is 3.40. The maximum absolute atomic E-state index is 11.7. The number of aliphatic carboxylic acids is 1. The molecular formula is C11H14N2O6S. The minimum absolute atomic E-state index is 0.0808. The Morgan fingerprint density at radius 3 is 2.45 bits per heavy atom. The van der Waals surface area contributed by atoms with E-state index in [1.807, 2.05) is 0 Å². The number of carboxylic acids is 1. The quantitative estimate of drug-likeness (QED) is 0.711. The SMILES string of the molecule is COC(=O)c1cc(S(N)(=O)=O)ccc1N(C)CC(=O)O. The minimum atomic E-state index is -3.98. The van der Waals surface area contributed by atoms with E-state index in [1.165, 1.54) is 24.1 Å². The third-order valence-electron chi connectivity index (χ3n) is 2.49. The van der Waals surface area contributed by atoms with Crippen molar-refractivity contribution in [1.29, 1.82) is 0 Å². The summed E-state index contributed by atoms with van der Waals surface area (Å²) in [6.45, 7) is -0.362. The van der Waals surface area contributed by atoms with E-state index >= 15 is 0 Å². The number of hydrogen-bond acceptors (Lipinski definition) is 6. The number of sulfonamides is 1. The molecule has 0 saturated carbocycles. The third kappa shape index (κ3) is 3.68. The number of likely N-dealkylation sites (N-methyl/N-ethyl adjacent to an activating group) is 1. The zero-order valence-electron chi connectivity index (χ0n) is 10.9. The molecule has 0 aromatic heterocycles. The molecule has 0 radical (unpaired) electrons. The fourth-order valence-corrected chi connectivity index (χ4v) is 2.13. The van der Waals surface area contributed by atoms with Crippen molar-refractivity contribution < 1.29 is 27.9 Å². The van der Waals surface area contributed by atoms with Gasteiger partial charge >= 0.3 is 11.9 Å². The predicted molar refractivity (Wildman–Crippen MR) is 70.1 cm³/mol. The lowest BCUT2D eigenvalue weighted by Crippen LogP contribution is -2.27. The molecule has 20 heavy (non-hydrogen) atoms. The topological polar surface area (TPSA) is 127 Å². The van der Waals surface area contributed by atoms with Crippen LogP contribution in [0.15, 0.2) is 23.1 Å². The first-order valence-corrected chi connectivity index (χ1v) is 6.89. The van der Waals surface area contributed by atoms with Crippen LogP contribution in [0.4, 0.5) is 5.69 Å². The van der Waals surface area contributed by atoms with Gasteiger partial charge in [-0.3, -0.25) is 4.79 Å². The smallest absolute Gasteiger partial charge is 0.340 e. The lowest BCUT2D eigenvalue weighted by Gasteiger charge is -2.20. The Bertz CT molecular complexity index is 640. The van der Waals surface area contributed by atoms with E-state index in [-0.39, 0.29) is 22.7 Å². The zero-order valence-corrected chi connectivity index (χ0v) is 11.7. The summed E-state index contributed by atoms with van der Waals surface area (Å²) in [6, 6.07) is 3.54. The number of ether oxygens (including phenoxy) is 1. The second-order valence-corrected chi connectivity index (χ2v) is 5.53. The van der Waals surface area contributed by atoms with Crippen LogP contribution in [0.3, 0.4) is 0 Å². The summed E-state index contributed by atoms with van der Waals surface area (Å²) in [6.07, 6.45) is 0. The van der Waals surface area contributed by atoms with Gasteiger partial charge in [-0.1, -0.05) is 0 Å². The molecule has 3 N–H and O–H groups in total. The molecule has 1 aromatic carbocycles. The van der Waals surface area contributed by atoms with Crippen molar-refractivity contribution in [2.75, 3.05) is 25.6 Å². The lowest BCUT2D eigenvalue weighted by molar-refractivity contribution is -0.135. The van der Waals surface area contributed by atoms with Crippen LogP contribution in [0.2, 0.25) is 0 Å². The highest BCUT2D eigenvalue weighted by molar-refractivity contribution is 7.89. The molecule has 0 fully saturated rings. The van der Waals surface area contributed by atoms with Crippen molar-refractivity contribution in [1.82, 2.24) is 0 Å². The van der Waals surface area contributed by atoms with E-state index in [4.69, 9.17) is 10.2 Å². The van der Waals surface area contributed by atoms with Gasteiger partial charge in [0, 0.05) is 7.05 Å². The van der Waals surface area contributed by atoms with Crippen molar-refractivity contribution in [3.8, 4) is 0 Å². The number of esters is 1. The van der Waals surface area contributed by atoms with E-state index in [0.717, 1.165) is 13.2 Å². The molecule has 0 atom stereocenters. The first-order chi connectivity index (χ1) is 9.16. The fourth-order valence-electron chi connectivity index (χ4n) is 1.59. The van der Waals surface area contributed by atoms with Crippen molar-refractivity contribution in [2.24, 2.45) is 5.14 Å². The Morgan fingerprint density at radius 2 is 2.00 bits per heavy atom. The van der Waals surface area contributed by atoms with Crippen molar-refractivity contribution in [3.63, 3.8) is 0 Å². The molecule has 0 bridgehead atoms. The van der Waals surface area contributed by atoms with Crippen LogP contribution >= 0.6 is 0 Å². The molecule has 0 saturated heterocycles. The highest BCUT2D eigenvalue weighted by Crippen LogP contribution is 2.23. The standard InChI is InChI=1S/C11H14N2O6S/c1-13(6-10(14)15)9-4-3-7(20(12,17)18)5-8(9)11(16)19-2/h3-5H,6H2,1-2H3,(H,14,15)(H2,12,17,18). The first kappa shape index (κ1) is 15.9. The number of nitrogens with zero attached hydrogens (tertiary/aromatic N) is 1. The van der Waals surface area contributed by atoms with E-state index in [9.17, 15) is 18.0 Å². The van der Waals surface area contributed by atoms with Gasteiger partial charge < -0.3 is 14.7 Å². The molecule has 0 aliphatic heterocycles. The highest BCUT2D eigenvalue weighted by atomic mass is 32.2. The molecule has 1 aromatic rings. The summed E-state index contributed by atoms with van der Waals surface area (Å²) >= 11 is 0. The number of anilines is 1. The second kappa shape index (κ2) is 5.88. The van der Waals surface area contributed by atoms with Crippen LogP contribution in [-0.4, -0.2) is 46.2 Å². The van der Waals surface area contributed by atoms with E-state index in [1.54, 1.807) is 0 Å². The number of primary sulfonamides is 1. The van der Waals surface area contributed by atoms with Crippen LogP contribution in [0.5, 0.6) is 0 Å². The lowest BCUT2D eigenvalue weighted by atomic mass is 10.1. The maximum atomic E-state index is 11.7. The highest BCUT2D eigenvalue weighted by Gasteiger charge is 2.20. The molecule has 110 valence electrons. The molecule has 0 aliphatic carbocycles. The Morgan fingerprint density at radius 1 is 1.40 bits per heavy atom. The monoisotopic (exact) mass is 302 g/mol. The Hall–Kier alpha value is -2.13. The van der Waals surface area contributed by atoms with E-state index in [2.05, 4.69) is 4.74 Å². The van der Waals surface area contributed by atoms with Gasteiger partial charge in [0.1, 0.15) is 6.54 Å². The Balaban J connectivity index is 3.38. The summed E-state index contributed by atoms with van der Waals surface area (Å²) < 4.78 is 27.1. The van der Waals surface area contributed by atoms with Crippen LogP contribution in [-0.2, 0) is 19.6 Å². The number of methoxy groups -OCH3 is 1.